The lowest BCUT2D eigenvalue weighted by molar-refractivity contribution is 0.102. The second kappa shape index (κ2) is 7.44. The third-order valence-corrected chi connectivity index (χ3v) is 8.40. The number of para-hydroxylation sites is 1. The van der Waals surface area contributed by atoms with Gasteiger partial charge < -0.3 is 0 Å². The lowest BCUT2D eigenvalue weighted by Crippen LogP contribution is -2.35. The lowest BCUT2D eigenvalue weighted by atomic mass is 10.0. The fourth-order valence-electron chi connectivity index (χ4n) is 3.94. The topological polar surface area (TPSA) is 92.3 Å². The van der Waals surface area contributed by atoms with E-state index >= 15 is 0 Å². The van der Waals surface area contributed by atoms with E-state index in [2.05, 4.69) is 15.5 Å². The molecule has 0 spiro atoms. The van der Waals surface area contributed by atoms with E-state index in [4.69, 9.17) is 0 Å². The van der Waals surface area contributed by atoms with Gasteiger partial charge in [-0.25, -0.2) is 0 Å². The number of aromatic nitrogens is 2. The molecule has 2 heterocycles. The molecule has 31 heavy (non-hydrogen) atoms. The smallest absolute Gasteiger partial charge is 0.293 e. The van der Waals surface area contributed by atoms with Crippen LogP contribution in [0.15, 0.2) is 71.1 Å². The van der Waals surface area contributed by atoms with Gasteiger partial charge in [0.2, 0.25) is 5.13 Å². The molecule has 1 aromatic heterocycles. The normalized spacial score (nSPS) is 15.8. The Morgan fingerprint density at radius 1 is 1.03 bits per heavy atom. The Kier molecular flexibility index (Phi) is 4.71. The number of rotatable bonds is 4. The third kappa shape index (κ3) is 3.35. The van der Waals surface area contributed by atoms with E-state index in [1.165, 1.54) is 4.31 Å². The van der Waals surface area contributed by atoms with Crippen LogP contribution in [0.25, 0.3) is 10.8 Å². The fraction of sp³-hybridized carbons (Fsp3) is 0.136. The van der Waals surface area contributed by atoms with Crippen molar-refractivity contribution in [2.24, 2.45) is 0 Å². The first-order valence-corrected chi connectivity index (χ1v) is 12.0. The van der Waals surface area contributed by atoms with Gasteiger partial charge in [0.1, 0.15) is 0 Å². The van der Waals surface area contributed by atoms with Crippen molar-refractivity contribution in [3.8, 4) is 0 Å². The van der Waals surface area contributed by atoms with Crippen molar-refractivity contribution in [2.45, 2.75) is 23.7 Å². The van der Waals surface area contributed by atoms with Crippen LogP contribution in [0.1, 0.15) is 22.8 Å². The molecule has 156 valence electrons. The first-order valence-electron chi connectivity index (χ1n) is 9.70. The first kappa shape index (κ1) is 19.7. The Morgan fingerprint density at radius 3 is 2.65 bits per heavy atom. The highest BCUT2D eigenvalue weighted by Gasteiger charge is 2.38. The van der Waals surface area contributed by atoms with Gasteiger partial charge in [-0.3, -0.25) is 14.4 Å². The summed E-state index contributed by atoms with van der Waals surface area (Å²) in [6.45, 7) is 1.86. The highest BCUT2D eigenvalue weighted by atomic mass is 32.2. The maximum Gasteiger partial charge on any atom is 0.293 e. The first-order chi connectivity index (χ1) is 14.9. The van der Waals surface area contributed by atoms with Crippen molar-refractivity contribution in [3.05, 3.63) is 77.9 Å². The number of nitrogens with zero attached hydrogens (tertiary/aromatic N) is 3. The van der Waals surface area contributed by atoms with Crippen LogP contribution >= 0.6 is 11.3 Å². The SMILES string of the molecule is CC1Cc2ccccc2N1S(=O)(=O)c1nnc(NC(=O)c2cccc3ccccc23)s1. The zero-order chi connectivity index (χ0) is 21.6. The second-order valence-electron chi connectivity index (χ2n) is 7.34. The van der Waals surface area contributed by atoms with Crippen LogP contribution in [-0.2, 0) is 16.4 Å². The lowest BCUT2D eigenvalue weighted by Gasteiger charge is -2.22. The average molecular weight is 451 g/mol. The van der Waals surface area contributed by atoms with Crippen molar-refractivity contribution >= 4 is 48.9 Å². The van der Waals surface area contributed by atoms with E-state index in [-0.39, 0.29) is 21.4 Å². The summed E-state index contributed by atoms with van der Waals surface area (Å²) < 4.78 is 27.8. The van der Waals surface area contributed by atoms with Crippen LogP contribution in [0.4, 0.5) is 10.8 Å². The Hall–Kier alpha value is -3.30. The number of sulfonamides is 1. The molecule has 1 atom stereocenters. The largest absolute Gasteiger partial charge is 0.296 e. The highest BCUT2D eigenvalue weighted by molar-refractivity contribution is 7.94. The van der Waals surface area contributed by atoms with Crippen LogP contribution in [0.2, 0.25) is 0 Å². The molecule has 3 aromatic carbocycles. The summed E-state index contributed by atoms with van der Waals surface area (Å²) in [5.74, 6) is -0.364. The zero-order valence-corrected chi connectivity index (χ0v) is 18.2. The van der Waals surface area contributed by atoms with Gasteiger partial charge in [-0.05, 0) is 41.8 Å². The summed E-state index contributed by atoms with van der Waals surface area (Å²) in [5, 5.41) is 12.4. The van der Waals surface area contributed by atoms with Crippen molar-refractivity contribution in [3.63, 3.8) is 0 Å². The van der Waals surface area contributed by atoms with Gasteiger partial charge in [-0.15, -0.1) is 10.2 Å². The quantitative estimate of drug-likeness (QED) is 0.473. The van der Waals surface area contributed by atoms with Crippen LogP contribution in [0, 0.1) is 0 Å². The standard InChI is InChI=1S/C22H18N4O3S2/c1-14-13-16-8-3-5-12-19(16)26(14)31(28,29)22-25-24-21(30-22)23-20(27)18-11-6-9-15-7-2-4-10-17(15)18/h2-12,14H,13H2,1H3,(H,23,24,27). The zero-order valence-electron chi connectivity index (χ0n) is 16.5. The minimum absolute atomic E-state index is 0.136. The number of fused-ring (bicyclic) bond motifs is 2. The molecule has 5 rings (SSSR count). The molecule has 0 radical (unpaired) electrons. The molecule has 1 aliphatic rings. The third-order valence-electron chi connectivity index (χ3n) is 5.29. The minimum Gasteiger partial charge on any atom is -0.296 e. The van der Waals surface area contributed by atoms with Gasteiger partial charge in [-0.1, -0.05) is 65.9 Å². The number of carbonyl (C=O) groups excluding carboxylic acids is 1. The monoisotopic (exact) mass is 450 g/mol. The Morgan fingerprint density at radius 2 is 1.77 bits per heavy atom. The maximum absolute atomic E-state index is 13.3. The summed E-state index contributed by atoms with van der Waals surface area (Å²) in [4.78, 5) is 12.8. The van der Waals surface area contributed by atoms with Crippen molar-refractivity contribution in [2.75, 3.05) is 9.62 Å². The summed E-state index contributed by atoms with van der Waals surface area (Å²) in [6.07, 6.45) is 0.638. The van der Waals surface area contributed by atoms with Crippen LogP contribution in [0.5, 0.6) is 0 Å². The second-order valence-corrected chi connectivity index (χ2v) is 10.3. The maximum atomic E-state index is 13.3. The number of hydrogen-bond acceptors (Lipinski definition) is 6. The van der Waals surface area contributed by atoms with Gasteiger partial charge in [0.25, 0.3) is 20.3 Å². The number of carbonyl (C=O) groups is 1. The Labute approximate surface area is 183 Å². The van der Waals surface area contributed by atoms with Crippen molar-refractivity contribution in [1.29, 1.82) is 0 Å². The Balaban J connectivity index is 1.43. The Bertz CT molecular complexity index is 1410. The van der Waals surface area contributed by atoms with Crippen molar-refractivity contribution in [1.82, 2.24) is 10.2 Å². The van der Waals surface area contributed by atoms with E-state index in [0.717, 1.165) is 27.7 Å². The summed E-state index contributed by atoms with van der Waals surface area (Å²) >= 11 is 0.848. The van der Waals surface area contributed by atoms with Gasteiger partial charge in [-0.2, -0.15) is 8.42 Å². The predicted octanol–water partition coefficient (Wildman–Crippen LogP) is 4.08. The molecule has 4 aromatic rings. The van der Waals surface area contributed by atoms with Gasteiger partial charge in [0, 0.05) is 11.6 Å². The molecular formula is C22H18N4O3S2. The predicted molar refractivity (Wildman–Crippen MR) is 121 cm³/mol. The molecule has 1 aliphatic heterocycles. The van der Waals surface area contributed by atoms with E-state index in [1.54, 1.807) is 18.2 Å². The molecule has 0 aliphatic carbocycles. The molecule has 1 amide bonds. The molecule has 1 unspecified atom stereocenters. The summed E-state index contributed by atoms with van der Waals surface area (Å²) in [6, 6.07) is 20.2. The number of amides is 1. The number of benzene rings is 3. The van der Waals surface area contributed by atoms with E-state index in [1.807, 2.05) is 55.5 Å². The van der Waals surface area contributed by atoms with Crippen LogP contribution in [0.3, 0.4) is 0 Å². The van der Waals surface area contributed by atoms with Crippen LogP contribution < -0.4 is 9.62 Å². The molecule has 0 fully saturated rings. The van der Waals surface area contributed by atoms with Gasteiger partial charge >= 0.3 is 0 Å². The minimum atomic E-state index is -3.89. The average Bonchev–Trinajstić information content (AvgIpc) is 3.37. The summed E-state index contributed by atoms with van der Waals surface area (Å²) in [5.41, 5.74) is 2.12. The highest BCUT2D eigenvalue weighted by Crippen LogP contribution is 2.37. The molecule has 9 heteroatoms. The molecule has 7 nitrogen and oxygen atoms in total. The van der Waals surface area contributed by atoms with E-state index < -0.39 is 10.0 Å². The van der Waals surface area contributed by atoms with E-state index in [0.29, 0.717) is 17.7 Å². The molecule has 0 bridgehead atoms. The molecule has 0 saturated heterocycles. The molecule has 1 N–H and O–H groups in total. The molecular weight excluding hydrogens is 432 g/mol. The number of nitrogens with one attached hydrogen (secondary N) is 1. The van der Waals surface area contributed by atoms with E-state index in [9.17, 15) is 13.2 Å². The number of hydrogen-bond donors (Lipinski definition) is 1. The van der Waals surface area contributed by atoms with Crippen molar-refractivity contribution < 1.29 is 13.2 Å². The summed E-state index contributed by atoms with van der Waals surface area (Å²) in [7, 11) is -3.89. The van der Waals surface area contributed by atoms with Gasteiger partial charge in [0.15, 0.2) is 0 Å². The molecule has 0 saturated carbocycles. The van der Waals surface area contributed by atoms with Gasteiger partial charge in [0.05, 0.1) is 5.69 Å². The van der Waals surface area contributed by atoms with Crippen LogP contribution in [-0.4, -0.2) is 30.6 Å². The number of anilines is 2. The fourth-order valence-corrected chi connectivity index (χ4v) is 6.61.